The molecule has 24 heavy (non-hydrogen) atoms. The summed E-state index contributed by atoms with van der Waals surface area (Å²) in [5.41, 5.74) is 0.910. The fraction of sp³-hybridized carbons (Fsp3) is 0.611. The highest BCUT2D eigenvalue weighted by atomic mass is 16.5. The highest BCUT2D eigenvalue weighted by Gasteiger charge is 2.26. The molecule has 0 bridgehead atoms. The number of methoxy groups -OCH3 is 2. The lowest BCUT2D eigenvalue weighted by atomic mass is 10.1. The second kappa shape index (κ2) is 9.49. The third kappa shape index (κ3) is 5.11. The molecule has 0 saturated carbocycles. The van der Waals surface area contributed by atoms with Gasteiger partial charge in [0.2, 0.25) is 5.91 Å². The fourth-order valence-corrected chi connectivity index (χ4v) is 2.89. The van der Waals surface area contributed by atoms with Gasteiger partial charge < -0.3 is 19.7 Å². The molecule has 1 N–H and O–H groups in total. The van der Waals surface area contributed by atoms with Gasteiger partial charge in [0.05, 0.1) is 13.7 Å². The van der Waals surface area contributed by atoms with Gasteiger partial charge in [0.25, 0.3) is 0 Å². The summed E-state index contributed by atoms with van der Waals surface area (Å²) in [5.74, 6) is 0.959. The lowest BCUT2D eigenvalue weighted by Crippen LogP contribution is -2.53. The Morgan fingerprint density at radius 3 is 2.62 bits per heavy atom. The number of nitrogens with one attached hydrogen (secondary N) is 1. The van der Waals surface area contributed by atoms with Crippen molar-refractivity contribution < 1.29 is 14.3 Å². The zero-order valence-electron chi connectivity index (χ0n) is 15.0. The zero-order valence-corrected chi connectivity index (χ0v) is 15.0. The first-order valence-electron chi connectivity index (χ1n) is 8.58. The van der Waals surface area contributed by atoms with Crippen LogP contribution in [0, 0.1) is 0 Å². The van der Waals surface area contributed by atoms with Crippen molar-refractivity contribution >= 4 is 11.6 Å². The van der Waals surface area contributed by atoms with Crippen LogP contribution in [0.15, 0.2) is 24.3 Å². The standard InChI is InChI=1S/C18H29N3O3/c1-4-17(19-15-6-5-7-16(14-15)24-3)18(22)21-10-8-20(9-11-21)12-13-23-2/h5-7,14,17,19H,4,8-13H2,1-3H3/t17-/m0/s1. The number of carbonyl (C=O) groups excluding carboxylic acids is 1. The van der Waals surface area contributed by atoms with Gasteiger partial charge >= 0.3 is 0 Å². The van der Waals surface area contributed by atoms with Crippen LogP contribution in [0.4, 0.5) is 5.69 Å². The molecule has 1 atom stereocenters. The molecule has 0 unspecified atom stereocenters. The molecule has 1 aromatic rings. The van der Waals surface area contributed by atoms with E-state index in [1.807, 2.05) is 36.1 Å². The summed E-state index contributed by atoms with van der Waals surface area (Å²) >= 11 is 0. The van der Waals surface area contributed by atoms with Crippen LogP contribution in [0.1, 0.15) is 13.3 Å². The van der Waals surface area contributed by atoms with Crippen LogP contribution in [0.25, 0.3) is 0 Å². The summed E-state index contributed by atoms with van der Waals surface area (Å²) in [4.78, 5) is 17.1. The number of hydrogen-bond acceptors (Lipinski definition) is 5. The van der Waals surface area contributed by atoms with Gasteiger partial charge in [-0.25, -0.2) is 0 Å². The SMILES string of the molecule is CC[C@H](Nc1cccc(OC)c1)C(=O)N1CCN(CCOC)CC1. The molecule has 1 aliphatic rings. The van der Waals surface area contributed by atoms with Crippen molar-refractivity contribution in [2.24, 2.45) is 0 Å². The molecular weight excluding hydrogens is 306 g/mol. The van der Waals surface area contributed by atoms with E-state index in [-0.39, 0.29) is 11.9 Å². The zero-order chi connectivity index (χ0) is 17.4. The Bertz CT molecular complexity index is 516. The Balaban J connectivity index is 1.89. The van der Waals surface area contributed by atoms with Gasteiger partial charge in [-0.2, -0.15) is 0 Å². The van der Waals surface area contributed by atoms with Gasteiger partial charge in [-0.3, -0.25) is 9.69 Å². The number of benzene rings is 1. The van der Waals surface area contributed by atoms with Crippen LogP contribution in [-0.2, 0) is 9.53 Å². The Hall–Kier alpha value is -1.79. The van der Waals surface area contributed by atoms with Gasteiger partial charge in [0, 0.05) is 51.6 Å². The van der Waals surface area contributed by atoms with Crippen molar-refractivity contribution in [1.29, 1.82) is 0 Å². The molecule has 134 valence electrons. The number of carbonyl (C=O) groups is 1. The Morgan fingerprint density at radius 1 is 1.25 bits per heavy atom. The molecular formula is C18H29N3O3. The first kappa shape index (κ1) is 18.5. The van der Waals surface area contributed by atoms with E-state index in [9.17, 15) is 4.79 Å². The molecule has 0 aromatic heterocycles. The van der Waals surface area contributed by atoms with E-state index in [4.69, 9.17) is 9.47 Å². The van der Waals surface area contributed by atoms with Crippen molar-refractivity contribution in [3.05, 3.63) is 24.3 Å². The summed E-state index contributed by atoms with van der Waals surface area (Å²) in [6.45, 7) is 7.07. The summed E-state index contributed by atoms with van der Waals surface area (Å²) in [6, 6.07) is 7.49. The maximum atomic E-state index is 12.8. The molecule has 1 amide bonds. The second-order valence-electron chi connectivity index (χ2n) is 6.00. The lowest BCUT2D eigenvalue weighted by molar-refractivity contribution is -0.133. The van der Waals surface area contributed by atoms with Gasteiger partial charge in [-0.1, -0.05) is 13.0 Å². The number of ether oxygens (including phenoxy) is 2. The minimum atomic E-state index is -0.206. The van der Waals surface area contributed by atoms with E-state index in [1.54, 1.807) is 14.2 Å². The fourth-order valence-electron chi connectivity index (χ4n) is 2.89. The Labute approximate surface area is 144 Å². The van der Waals surface area contributed by atoms with E-state index in [0.717, 1.165) is 57.2 Å². The molecule has 0 aliphatic carbocycles. The first-order chi connectivity index (χ1) is 11.7. The third-order valence-electron chi connectivity index (χ3n) is 4.41. The van der Waals surface area contributed by atoms with Gasteiger partial charge in [-0.15, -0.1) is 0 Å². The van der Waals surface area contributed by atoms with E-state index in [2.05, 4.69) is 10.2 Å². The molecule has 1 aromatic carbocycles. The molecule has 1 fully saturated rings. The Kier molecular flexibility index (Phi) is 7.34. The average Bonchev–Trinajstić information content (AvgIpc) is 2.64. The van der Waals surface area contributed by atoms with Crippen molar-refractivity contribution in [1.82, 2.24) is 9.80 Å². The van der Waals surface area contributed by atoms with Crippen LogP contribution in [-0.4, -0.2) is 75.3 Å². The Morgan fingerprint density at radius 2 is 2.00 bits per heavy atom. The normalized spacial score (nSPS) is 16.7. The lowest BCUT2D eigenvalue weighted by Gasteiger charge is -2.36. The van der Waals surface area contributed by atoms with E-state index >= 15 is 0 Å². The predicted octanol–water partition coefficient (Wildman–Crippen LogP) is 1.68. The largest absolute Gasteiger partial charge is 0.497 e. The summed E-state index contributed by atoms with van der Waals surface area (Å²) in [7, 11) is 3.36. The summed E-state index contributed by atoms with van der Waals surface area (Å²) in [5, 5.41) is 3.34. The number of amides is 1. The molecule has 1 heterocycles. The number of hydrogen-bond donors (Lipinski definition) is 1. The smallest absolute Gasteiger partial charge is 0.245 e. The summed E-state index contributed by atoms with van der Waals surface area (Å²) in [6.07, 6.45) is 0.750. The number of nitrogens with zero attached hydrogens (tertiary/aromatic N) is 2. The molecule has 1 aliphatic heterocycles. The molecule has 0 spiro atoms. The maximum Gasteiger partial charge on any atom is 0.245 e. The van der Waals surface area contributed by atoms with Crippen molar-refractivity contribution in [3.8, 4) is 5.75 Å². The molecule has 6 nitrogen and oxygen atoms in total. The van der Waals surface area contributed by atoms with E-state index in [0.29, 0.717) is 0 Å². The minimum Gasteiger partial charge on any atom is -0.497 e. The van der Waals surface area contributed by atoms with E-state index in [1.165, 1.54) is 0 Å². The summed E-state index contributed by atoms with van der Waals surface area (Å²) < 4.78 is 10.4. The average molecular weight is 335 g/mol. The van der Waals surface area contributed by atoms with Crippen LogP contribution in [0.2, 0.25) is 0 Å². The predicted molar refractivity (Wildman–Crippen MR) is 95.6 cm³/mol. The monoisotopic (exact) mass is 335 g/mol. The second-order valence-corrected chi connectivity index (χ2v) is 6.00. The highest BCUT2D eigenvalue weighted by Crippen LogP contribution is 2.19. The third-order valence-corrected chi connectivity index (χ3v) is 4.41. The van der Waals surface area contributed by atoms with Crippen LogP contribution < -0.4 is 10.1 Å². The van der Waals surface area contributed by atoms with Crippen molar-refractivity contribution in [2.45, 2.75) is 19.4 Å². The van der Waals surface area contributed by atoms with Crippen molar-refractivity contribution in [3.63, 3.8) is 0 Å². The van der Waals surface area contributed by atoms with Crippen LogP contribution in [0.5, 0.6) is 5.75 Å². The number of rotatable bonds is 8. The first-order valence-corrected chi connectivity index (χ1v) is 8.58. The van der Waals surface area contributed by atoms with Crippen LogP contribution in [0.3, 0.4) is 0 Å². The number of piperazine rings is 1. The highest BCUT2D eigenvalue weighted by molar-refractivity contribution is 5.84. The molecule has 2 rings (SSSR count). The van der Waals surface area contributed by atoms with Gasteiger partial charge in [0.1, 0.15) is 11.8 Å². The topological polar surface area (TPSA) is 54.0 Å². The molecule has 0 radical (unpaired) electrons. The van der Waals surface area contributed by atoms with Gasteiger partial charge in [0.15, 0.2) is 0 Å². The number of anilines is 1. The van der Waals surface area contributed by atoms with Crippen molar-refractivity contribution in [2.75, 3.05) is 58.9 Å². The molecule has 1 saturated heterocycles. The van der Waals surface area contributed by atoms with Crippen LogP contribution >= 0.6 is 0 Å². The van der Waals surface area contributed by atoms with Gasteiger partial charge in [-0.05, 0) is 18.6 Å². The minimum absolute atomic E-state index is 0.173. The quantitative estimate of drug-likeness (QED) is 0.783. The molecule has 6 heteroatoms. The maximum absolute atomic E-state index is 12.8. The van der Waals surface area contributed by atoms with E-state index < -0.39 is 0 Å².